The topological polar surface area (TPSA) is 69.7 Å². The second-order valence-electron chi connectivity index (χ2n) is 3.29. The molecule has 0 aliphatic carbocycles. The Morgan fingerprint density at radius 2 is 1.78 bits per heavy atom. The van der Waals surface area contributed by atoms with Gasteiger partial charge in [0.15, 0.2) is 6.10 Å². The molecule has 0 aromatic heterocycles. The van der Waals surface area contributed by atoms with E-state index >= 15 is 0 Å². The number of halogens is 3. The average molecular weight is 268 g/mol. The molecule has 0 radical (unpaired) electrons. The summed E-state index contributed by atoms with van der Waals surface area (Å²) in [4.78, 5) is 32.6. The summed E-state index contributed by atoms with van der Waals surface area (Å²) >= 11 is 0. The Bertz CT molecular complexity index is 372. The molecular weight excluding hydrogens is 257 g/mol. The fraction of sp³-hybridized carbons (Fsp3) is 0.500. The first kappa shape index (κ1) is 16.1. The zero-order valence-corrected chi connectivity index (χ0v) is 9.67. The Hall–Kier alpha value is -1.86. The Labute approximate surface area is 101 Å². The van der Waals surface area contributed by atoms with Gasteiger partial charge in [0.1, 0.15) is 0 Å². The molecule has 102 valence electrons. The molecule has 0 bridgehead atoms. The Morgan fingerprint density at radius 1 is 1.28 bits per heavy atom. The number of alkyl halides is 3. The standard InChI is InChI=1S/C10H11F3O5/c1-4-6(17-7(14)5(2)3)8(15)18-9(16)10(11,12)13/h6H,2,4H2,1,3H3. The van der Waals surface area contributed by atoms with Gasteiger partial charge < -0.3 is 9.47 Å². The third-order valence-electron chi connectivity index (χ3n) is 1.66. The molecule has 0 aliphatic heterocycles. The second-order valence-corrected chi connectivity index (χ2v) is 3.29. The molecule has 0 amide bonds. The summed E-state index contributed by atoms with van der Waals surface area (Å²) in [5.74, 6) is -5.19. The third-order valence-corrected chi connectivity index (χ3v) is 1.66. The van der Waals surface area contributed by atoms with Crippen LogP contribution in [0.1, 0.15) is 20.3 Å². The molecule has 1 unspecified atom stereocenters. The molecule has 5 nitrogen and oxygen atoms in total. The first-order valence-corrected chi connectivity index (χ1v) is 4.78. The van der Waals surface area contributed by atoms with E-state index in [1.165, 1.54) is 13.8 Å². The Balaban J connectivity index is 4.59. The Morgan fingerprint density at radius 3 is 2.11 bits per heavy atom. The van der Waals surface area contributed by atoms with Gasteiger partial charge in [0.05, 0.1) is 0 Å². The number of carbonyl (C=O) groups is 3. The van der Waals surface area contributed by atoms with E-state index in [0.717, 1.165) is 0 Å². The van der Waals surface area contributed by atoms with Gasteiger partial charge in [-0.1, -0.05) is 13.5 Å². The lowest BCUT2D eigenvalue weighted by atomic mass is 10.2. The van der Waals surface area contributed by atoms with E-state index in [9.17, 15) is 27.6 Å². The summed E-state index contributed by atoms with van der Waals surface area (Å²) in [6.45, 7) is 5.89. The summed E-state index contributed by atoms with van der Waals surface area (Å²) < 4.78 is 43.5. The third kappa shape index (κ3) is 4.98. The SMILES string of the molecule is C=C(C)C(=O)OC(CC)C(=O)OC(=O)C(F)(F)F. The van der Waals surface area contributed by atoms with Crippen LogP contribution in [0.15, 0.2) is 12.2 Å². The minimum atomic E-state index is -5.29. The van der Waals surface area contributed by atoms with Gasteiger partial charge in [-0.05, 0) is 13.3 Å². The van der Waals surface area contributed by atoms with Crippen LogP contribution in [0.4, 0.5) is 13.2 Å². The summed E-state index contributed by atoms with van der Waals surface area (Å²) in [5.41, 5.74) is -0.0385. The van der Waals surface area contributed by atoms with Crippen LogP contribution < -0.4 is 0 Å². The molecule has 0 spiro atoms. The Kier molecular flexibility index (Phi) is 5.54. The van der Waals surface area contributed by atoms with Crippen molar-refractivity contribution in [1.82, 2.24) is 0 Å². The fourth-order valence-corrected chi connectivity index (χ4v) is 0.743. The summed E-state index contributed by atoms with van der Waals surface area (Å²) in [6, 6.07) is 0. The molecule has 0 saturated carbocycles. The van der Waals surface area contributed by atoms with Crippen LogP contribution in [0, 0.1) is 0 Å². The minimum absolute atomic E-state index is 0.0385. The van der Waals surface area contributed by atoms with Crippen molar-refractivity contribution in [1.29, 1.82) is 0 Å². The molecule has 0 saturated heterocycles. The molecule has 0 heterocycles. The summed E-state index contributed by atoms with van der Waals surface area (Å²) in [7, 11) is 0. The molecule has 0 fully saturated rings. The molecule has 18 heavy (non-hydrogen) atoms. The maximum absolute atomic E-state index is 11.8. The van der Waals surface area contributed by atoms with Gasteiger partial charge in [0, 0.05) is 5.57 Å². The van der Waals surface area contributed by atoms with Crippen molar-refractivity contribution in [2.45, 2.75) is 32.5 Å². The lowest BCUT2D eigenvalue weighted by Crippen LogP contribution is -2.35. The lowest BCUT2D eigenvalue weighted by molar-refractivity contribution is -0.205. The number of ether oxygens (including phenoxy) is 2. The van der Waals surface area contributed by atoms with Gasteiger partial charge >= 0.3 is 24.1 Å². The van der Waals surface area contributed by atoms with Crippen LogP contribution in [0.25, 0.3) is 0 Å². The highest BCUT2D eigenvalue weighted by Crippen LogP contribution is 2.17. The highest BCUT2D eigenvalue weighted by atomic mass is 19.4. The highest BCUT2D eigenvalue weighted by molar-refractivity contribution is 5.93. The number of rotatable bonds is 4. The number of hydrogen-bond donors (Lipinski definition) is 0. The molecule has 1 atom stereocenters. The van der Waals surface area contributed by atoms with Crippen molar-refractivity contribution in [2.75, 3.05) is 0 Å². The lowest BCUT2D eigenvalue weighted by Gasteiger charge is -2.14. The van der Waals surface area contributed by atoms with Crippen LogP contribution in [0.5, 0.6) is 0 Å². The quantitative estimate of drug-likeness (QED) is 0.439. The van der Waals surface area contributed by atoms with E-state index in [4.69, 9.17) is 0 Å². The van der Waals surface area contributed by atoms with Crippen molar-refractivity contribution in [2.24, 2.45) is 0 Å². The van der Waals surface area contributed by atoms with Gasteiger partial charge in [-0.3, -0.25) is 0 Å². The molecule has 0 N–H and O–H groups in total. The maximum Gasteiger partial charge on any atom is 0.491 e. The van der Waals surface area contributed by atoms with Gasteiger partial charge in [-0.15, -0.1) is 0 Å². The van der Waals surface area contributed by atoms with Crippen LogP contribution >= 0.6 is 0 Å². The van der Waals surface area contributed by atoms with Crippen molar-refractivity contribution < 1.29 is 37.0 Å². The molecule has 8 heteroatoms. The van der Waals surface area contributed by atoms with Crippen molar-refractivity contribution >= 4 is 17.9 Å². The van der Waals surface area contributed by atoms with E-state index in [2.05, 4.69) is 16.1 Å². The molecule has 0 rings (SSSR count). The molecular formula is C10H11F3O5. The predicted octanol–water partition coefficient (Wildman–Crippen LogP) is 1.52. The summed E-state index contributed by atoms with van der Waals surface area (Å²) in [6.07, 6.45) is -7.00. The van der Waals surface area contributed by atoms with Crippen molar-refractivity contribution in [3.63, 3.8) is 0 Å². The van der Waals surface area contributed by atoms with Crippen LogP contribution in [0.2, 0.25) is 0 Å². The largest absolute Gasteiger partial charge is 0.491 e. The maximum atomic E-state index is 11.8. The van der Waals surface area contributed by atoms with E-state index in [1.54, 1.807) is 0 Å². The van der Waals surface area contributed by atoms with E-state index in [-0.39, 0.29) is 12.0 Å². The zero-order chi connectivity index (χ0) is 14.5. The fourth-order valence-electron chi connectivity index (χ4n) is 0.743. The van der Waals surface area contributed by atoms with Gasteiger partial charge in [0.25, 0.3) is 0 Å². The summed E-state index contributed by atoms with van der Waals surface area (Å²) in [5, 5.41) is 0. The van der Waals surface area contributed by atoms with Gasteiger partial charge in [-0.2, -0.15) is 13.2 Å². The second kappa shape index (κ2) is 6.18. The van der Waals surface area contributed by atoms with E-state index in [1.807, 2.05) is 0 Å². The normalized spacial score (nSPS) is 12.5. The average Bonchev–Trinajstić information content (AvgIpc) is 2.23. The van der Waals surface area contributed by atoms with E-state index < -0.39 is 30.2 Å². The van der Waals surface area contributed by atoms with Crippen LogP contribution in [-0.2, 0) is 23.9 Å². The van der Waals surface area contributed by atoms with Crippen LogP contribution in [0.3, 0.4) is 0 Å². The van der Waals surface area contributed by atoms with Gasteiger partial charge in [0.2, 0.25) is 0 Å². The highest BCUT2D eigenvalue weighted by Gasteiger charge is 2.43. The monoisotopic (exact) mass is 268 g/mol. The minimum Gasteiger partial charge on any atom is -0.447 e. The molecule has 0 aromatic rings. The number of hydrogen-bond acceptors (Lipinski definition) is 5. The predicted molar refractivity (Wildman–Crippen MR) is 52.1 cm³/mol. The van der Waals surface area contributed by atoms with Crippen LogP contribution in [-0.4, -0.2) is 30.2 Å². The van der Waals surface area contributed by atoms with Crippen molar-refractivity contribution in [3.05, 3.63) is 12.2 Å². The van der Waals surface area contributed by atoms with Crippen molar-refractivity contribution in [3.8, 4) is 0 Å². The number of carbonyl (C=O) groups excluding carboxylic acids is 3. The van der Waals surface area contributed by atoms with Gasteiger partial charge in [-0.25, -0.2) is 14.4 Å². The smallest absolute Gasteiger partial charge is 0.447 e. The first-order chi connectivity index (χ1) is 8.09. The first-order valence-electron chi connectivity index (χ1n) is 4.78. The zero-order valence-electron chi connectivity index (χ0n) is 9.67. The number of esters is 3. The van der Waals surface area contributed by atoms with E-state index in [0.29, 0.717) is 0 Å². The molecule has 0 aromatic carbocycles. The molecule has 0 aliphatic rings.